The molecule has 1 aromatic rings. The van der Waals surface area contributed by atoms with Crippen molar-refractivity contribution in [3.8, 4) is 5.75 Å². The van der Waals surface area contributed by atoms with Crippen LogP contribution in [0.15, 0.2) is 18.2 Å². The zero-order valence-electron chi connectivity index (χ0n) is 13.7. The molecule has 1 N–H and O–H groups in total. The molecule has 2 aliphatic rings. The van der Waals surface area contributed by atoms with E-state index in [-0.39, 0.29) is 11.9 Å². The minimum absolute atomic E-state index is 0.304. The third kappa shape index (κ3) is 1.92. The molecule has 0 radical (unpaired) electrons. The van der Waals surface area contributed by atoms with E-state index in [1.54, 1.807) is 18.2 Å². The fourth-order valence-electron chi connectivity index (χ4n) is 3.75. The van der Waals surface area contributed by atoms with Gasteiger partial charge in [-0.15, -0.1) is 0 Å². The van der Waals surface area contributed by atoms with Gasteiger partial charge in [0.15, 0.2) is 5.60 Å². The molecular weight excluding hydrogens is 318 g/mol. The van der Waals surface area contributed by atoms with E-state index in [0.717, 1.165) is 0 Å². The predicted octanol–water partition coefficient (Wildman–Crippen LogP) is 3.41. The lowest BCUT2D eigenvalue weighted by molar-refractivity contribution is -0.165. The lowest BCUT2D eigenvalue weighted by Gasteiger charge is -2.35. The molecule has 1 aliphatic heterocycles. The molecule has 1 saturated heterocycles. The van der Waals surface area contributed by atoms with Gasteiger partial charge in [0.1, 0.15) is 5.75 Å². The number of hydrogen-bond acceptors (Lipinski definition) is 4. The average Bonchev–Trinajstić information content (AvgIpc) is 2.78. The van der Waals surface area contributed by atoms with Gasteiger partial charge in [0, 0.05) is 10.4 Å². The van der Waals surface area contributed by atoms with Gasteiger partial charge in [-0.05, 0) is 38.0 Å². The Hall–Kier alpha value is -1.75. The fraction of sp³-hybridized carbons (Fsp3) is 0.529. The highest BCUT2D eigenvalue weighted by Gasteiger charge is 2.75. The smallest absolute Gasteiger partial charge is 0.313 e. The van der Waals surface area contributed by atoms with Gasteiger partial charge in [-0.3, -0.25) is 9.59 Å². The van der Waals surface area contributed by atoms with Crippen molar-refractivity contribution in [3.05, 3.63) is 23.2 Å². The molecule has 1 amide bonds. The van der Waals surface area contributed by atoms with Gasteiger partial charge in [0.2, 0.25) is 0 Å². The van der Waals surface area contributed by atoms with Gasteiger partial charge in [-0.2, -0.15) is 0 Å². The van der Waals surface area contributed by atoms with Crippen LogP contribution in [-0.4, -0.2) is 24.6 Å². The molecule has 23 heavy (non-hydrogen) atoms. The molecule has 2 atom stereocenters. The Balaban J connectivity index is 1.96. The molecule has 0 spiro atoms. The zero-order valence-corrected chi connectivity index (χ0v) is 14.4. The Kier molecular flexibility index (Phi) is 3.41. The van der Waals surface area contributed by atoms with Crippen LogP contribution >= 0.6 is 11.6 Å². The monoisotopic (exact) mass is 337 g/mol. The first kappa shape index (κ1) is 16.1. The van der Waals surface area contributed by atoms with Crippen LogP contribution in [0.3, 0.4) is 0 Å². The van der Waals surface area contributed by atoms with E-state index in [9.17, 15) is 9.59 Å². The maximum atomic E-state index is 13.0. The second-order valence-corrected chi connectivity index (χ2v) is 7.41. The van der Waals surface area contributed by atoms with Crippen LogP contribution in [0.1, 0.15) is 33.6 Å². The quantitative estimate of drug-likeness (QED) is 0.858. The maximum absolute atomic E-state index is 13.0. The normalized spacial score (nSPS) is 30.9. The highest BCUT2D eigenvalue weighted by Crippen LogP contribution is 2.65. The number of carbonyl (C=O) groups is 2. The van der Waals surface area contributed by atoms with E-state index < -0.39 is 16.4 Å². The first-order chi connectivity index (χ1) is 10.7. The van der Waals surface area contributed by atoms with Crippen LogP contribution in [-0.2, 0) is 14.3 Å². The first-order valence-electron chi connectivity index (χ1n) is 7.56. The van der Waals surface area contributed by atoms with Crippen molar-refractivity contribution < 1.29 is 19.1 Å². The Morgan fingerprint density at radius 2 is 2.00 bits per heavy atom. The predicted molar refractivity (Wildman–Crippen MR) is 86.6 cm³/mol. The number of ether oxygens (including phenoxy) is 2. The average molecular weight is 338 g/mol. The third-order valence-electron chi connectivity index (χ3n) is 5.86. The van der Waals surface area contributed by atoms with Gasteiger partial charge in [0.25, 0.3) is 5.91 Å². The van der Waals surface area contributed by atoms with Crippen molar-refractivity contribution in [2.24, 2.45) is 10.8 Å². The number of hydrogen-bond donors (Lipinski definition) is 1. The van der Waals surface area contributed by atoms with E-state index in [1.807, 2.05) is 20.8 Å². The van der Waals surface area contributed by atoms with Crippen LogP contribution in [0.4, 0.5) is 5.69 Å². The van der Waals surface area contributed by atoms with Crippen LogP contribution in [0.25, 0.3) is 0 Å². The number of nitrogens with one attached hydrogen (secondary N) is 1. The molecular formula is C17H20ClNO4. The maximum Gasteiger partial charge on any atom is 0.313 e. The number of carbonyl (C=O) groups excluding carboxylic acids is 2. The number of benzene rings is 1. The summed E-state index contributed by atoms with van der Waals surface area (Å²) >= 11 is 6.00. The Bertz CT molecular complexity index is 702. The molecule has 1 saturated carbocycles. The Morgan fingerprint density at radius 1 is 1.30 bits per heavy atom. The molecule has 1 heterocycles. The van der Waals surface area contributed by atoms with E-state index in [4.69, 9.17) is 21.1 Å². The van der Waals surface area contributed by atoms with Gasteiger partial charge in [-0.1, -0.05) is 25.4 Å². The summed E-state index contributed by atoms with van der Waals surface area (Å²) in [5, 5.41) is 3.31. The van der Waals surface area contributed by atoms with E-state index in [2.05, 4.69) is 5.32 Å². The van der Waals surface area contributed by atoms with Gasteiger partial charge >= 0.3 is 5.97 Å². The molecule has 0 unspecified atom stereocenters. The summed E-state index contributed by atoms with van der Waals surface area (Å²) in [7, 11) is 1.52. The number of fused-ring (bicyclic) bond motifs is 2. The molecule has 1 aromatic carbocycles. The summed E-state index contributed by atoms with van der Waals surface area (Å²) in [6, 6.07) is 4.98. The van der Waals surface area contributed by atoms with E-state index >= 15 is 0 Å². The number of rotatable bonds is 3. The number of halogens is 1. The van der Waals surface area contributed by atoms with Crippen molar-refractivity contribution >= 4 is 29.2 Å². The van der Waals surface area contributed by atoms with Gasteiger partial charge < -0.3 is 14.8 Å². The summed E-state index contributed by atoms with van der Waals surface area (Å²) in [6.07, 6.45) is 1.15. The van der Waals surface area contributed by atoms with Gasteiger partial charge in [0.05, 0.1) is 18.2 Å². The largest absolute Gasteiger partial charge is 0.495 e. The zero-order chi connectivity index (χ0) is 17.0. The summed E-state index contributed by atoms with van der Waals surface area (Å²) in [4.78, 5) is 25.3. The van der Waals surface area contributed by atoms with E-state index in [0.29, 0.717) is 29.3 Å². The number of methoxy groups -OCH3 is 1. The molecule has 1 aliphatic carbocycles. The molecule has 2 bridgehead atoms. The molecule has 5 nitrogen and oxygen atoms in total. The highest BCUT2D eigenvalue weighted by atomic mass is 35.5. The lowest BCUT2D eigenvalue weighted by atomic mass is 9.66. The van der Waals surface area contributed by atoms with Crippen LogP contribution in [0.5, 0.6) is 5.75 Å². The van der Waals surface area contributed by atoms with Crippen molar-refractivity contribution in [2.45, 2.75) is 39.2 Å². The molecule has 124 valence electrons. The molecule has 0 aromatic heterocycles. The molecule has 6 heteroatoms. The van der Waals surface area contributed by atoms with Crippen LogP contribution < -0.4 is 10.1 Å². The number of esters is 1. The summed E-state index contributed by atoms with van der Waals surface area (Å²) in [5.41, 5.74) is -1.92. The minimum atomic E-state index is -1.16. The minimum Gasteiger partial charge on any atom is -0.495 e. The summed E-state index contributed by atoms with van der Waals surface area (Å²) in [5.74, 6) is -0.137. The number of anilines is 1. The highest BCUT2D eigenvalue weighted by molar-refractivity contribution is 6.31. The second kappa shape index (κ2) is 4.87. The summed E-state index contributed by atoms with van der Waals surface area (Å²) < 4.78 is 10.8. The first-order valence-corrected chi connectivity index (χ1v) is 7.94. The topological polar surface area (TPSA) is 64.6 Å². The van der Waals surface area contributed by atoms with Crippen LogP contribution in [0.2, 0.25) is 5.02 Å². The number of amides is 1. The van der Waals surface area contributed by atoms with Crippen molar-refractivity contribution in [1.29, 1.82) is 0 Å². The lowest BCUT2D eigenvalue weighted by Crippen LogP contribution is -2.50. The van der Waals surface area contributed by atoms with E-state index in [1.165, 1.54) is 7.11 Å². The third-order valence-corrected chi connectivity index (χ3v) is 6.10. The SMILES string of the molecule is COc1ccc(Cl)cc1NC(=O)[C@@]12CC[C@@](C)(C(=O)O1)C2(C)C. The summed E-state index contributed by atoms with van der Waals surface area (Å²) in [6.45, 7) is 5.71. The van der Waals surface area contributed by atoms with Crippen molar-refractivity contribution in [3.63, 3.8) is 0 Å². The molecule has 2 fully saturated rings. The van der Waals surface area contributed by atoms with Crippen LogP contribution in [0, 0.1) is 10.8 Å². The Labute approximate surface area is 140 Å². The Morgan fingerprint density at radius 3 is 2.52 bits per heavy atom. The fourth-order valence-corrected chi connectivity index (χ4v) is 3.92. The van der Waals surface area contributed by atoms with Crippen molar-refractivity contribution in [1.82, 2.24) is 0 Å². The van der Waals surface area contributed by atoms with Crippen molar-refractivity contribution in [2.75, 3.05) is 12.4 Å². The second-order valence-electron chi connectivity index (χ2n) is 6.97. The van der Waals surface area contributed by atoms with Gasteiger partial charge in [-0.25, -0.2) is 0 Å². The standard InChI is InChI=1S/C17H20ClNO4/c1-15(2)16(3)7-8-17(15,23-14(16)21)13(20)19-11-9-10(18)5-6-12(11)22-4/h5-6,9H,7-8H2,1-4H3,(H,19,20)/t16-,17+/m0/s1. The molecule has 3 rings (SSSR count).